The third-order valence-corrected chi connectivity index (χ3v) is 6.78. The van der Waals surface area contributed by atoms with Crippen molar-refractivity contribution in [3.63, 3.8) is 0 Å². The number of halogens is 6. The zero-order valence-corrected chi connectivity index (χ0v) is 23.0. The Morgan fingerprint density at radius 1 is 0.614 bits per heavy atom. The van der Waals surface area contributed by atoms with Gasteiger partial charge in [0.05, 0.1) is 26.4 Å². The van der Waals surface area contributed by atoms with E-state index in [9.17, 15) is 26.3 Å². The Bertz CT molecular complexity index is 1480. The van der Waals surface area contributed by atoms with Gasteiger partial charge < -0.3 is 18.9 Å². The normalized spacial score (nSPS) is 20.6. The first kappa shape index (κ1) is 31.5. The number of rotatable bonds is 11. The molecule has 44 heavy (non-hydrogen) atoms. The van der Waals surface area contributed by atoms with Crippen LogP contribution in [-0.2, 0) is 51.1 Å². The van der Waals surface area contributed by atoms with E-state index in [4.69, 9.17) is 18.9 Å². The Balaban J connectivity index is 1.51. The van der Waals surface area contributed by atoms with Gasteiger partial charge in [0.25, 0.3) is 5.82 Å². The van der Waals surface area contributed by atoms with Crippen molar-refractivity contribution in [1.82, 2.24) is 15.2 Å². The number of benzene rings is 3. The van der Waals surface area contributed by atoms with E-state index in [1.165, 1.54) is 0 Å². The van der Waals surface area contributed by atoms with Crippen LogP contribution in [0.4, 0.5) is 26.3 Å². The molecule has 232 valence electrons. The summed E-state index contributed by atoms with van der Waals surface area (Å²) in [5.41, 5.74) is -0.562. The van der Waals surface area contributed by atoms with Crippen LogP contribution in [0.15, 0.2) is 91.0 Å². The predicted octanol–water partition coefficient (Wildman–Crippen LogP) is 6.74. The molecule has 1 aromatic heterocycles. The van der Waals surface area contributed by atoms with E-state index in [1.807, 2.05) is 36.4 Å². The molecular formula is C31H27F6N3O4. The van der Waals surface area contributed by atoms with Gasteiger partial charge in [-0.05, 0) is 16.7 Å². The summed E-state index contributed by atoms with van der Waals surface area (Å²) in [6.07, 6.45) is -15.5. The predicted molar refractivity (Wildman–Crippen MR) is 144 cm³/mol. The quantitative estimate of drug-likeness (QED) is 0.172. The van der Waals surface area contributed by atoms with Crippen LogP contribution in [0.3, 0.4) is 0 Å². The van der Waals surface area contributed by atoms with Crippen molar-refractivity contribution in [2.75, 3.05) is 6.61 Å². The van der Waals surface area contributed by atoms with E-state index in [-0.39, 0.29) is 26.4 Å². The summed E-state index contributed by atoms with van der Waals surface area (Å²) >= 11 is 0. The average molecular weight is 620 g/mol. The van der Waals surface area contributed by atoms with E-state index in [2.05, 4.69) is 15.2 Å². The third-order valence-electron chi connectivity index (χ3n) is 6.78. The van der Waals surface area contributed by atoms with Crippen molar-refractivity contribution in [2.24, 2.45) is 0 Å². The topological polar surface area (TPSA) is 75.6 Å². The first-order chi connectivity index (χ1) is 21.1. The molecule has 0 aliphatic carbocycles. The standard InChI is InChI=1S/C31H27F6N3O4/c32-30(33,34)28-24(38-29(40-39-28)31(35,36)37)26-27(43-18-22-14-8-3-9-15-22)25(42-17-21-12-6-2-7-13-21)23(44-26)19-41-16-20-10-4-1-5-11-20/h1-15,23,25-27H,16-19H2/t23-,25-,26+,27-/m1/s1. The highest BCUT2D eigenvalue weighted by Crippen LogP contribution is 2.43. The largest absolute Gasteiger partial charge is 0.453 e. The van der Waals surface area contributed by atoms with E-state index < -0.39 is 54.0 Å². The molecule has 3 aromatic carbocycles. The summed E-state index contributed by atoms with van der Waals surface area (Å²) in [6.45, 7) is -0.0977. The highest BCUT2D eigenvalue weighted by Gasteiger charge is 2.52. The maximum Gasteiger partial charge on any atom is 0.453 e. The number of hydrogen-bond donors (Lipinski definition) is 0. The minimum atomic E-state index is -5.19. The van der Waals surface area contributed by atoms with Gasteiger partial charge in [-0.2, -0.15) is 26.3 Å². The van der Waals surface area contributed by atoms with Crippen molar-refractivity contribution in [1.29, 1.82) is 0 Å². The fourth-order valence-electron chi connectivity index (χ4n) is 4.72. The number of nitrogens with zero attached hydrogens (tertiary/aromatic N) is 3. The maximum atomic E-state index is 14.1. The molecule has 4 atom stereocenters. The summed E-state index contributed by atoms with van der Waals surface area (Å²) in [7, 11) is 0. The second kappa shape index (κ2) is 13.8. The summed E-state index contributed by atoms with van der Waals surface area (Å²) in [4.78, 5) is 3.29. The number of hydrogen-bond acceptors (Lipinski definition) is 7. The molecule has 4 aromatic rings. The van der Waals surface area contributed by atoms with Crippen LogP contribution in [-0.4, -0.2) is 40.1 Å². The first-order valence-corrected chi connectivity index (χ1v) is 13.6. The van der Waals surface area contributed by atoms with Gasteiger partial charge in [0.2, 0.25) is 0 Å². The molecule has 1 saturated heterocycles. The lowest BCUT2D eigenvalue weighted by molar-refractivity contribution is -0.154. The fourth-order valence-corrected chi connectivity index (χ4v) is 4.72. The first-order valence-electron chi connectivity index (χ1n) is 13.6. The Kier molecular flexibility index (Phi) is 9.89. The molecule has 0 amide bonds. The Hall–Kier alpha value is -3.91. The van der Waals surface area contributed by atoms with Crippen LogP contribution in [0.1, 0.15) is 40.0 Å². The lowest BCUT2D eigenvalue weighted by atomic mass is 10.0. The van der Waals surface area contributed by atoms with Crippen LogP contribution in [0.5, 0.6) is 0 Å². The van der Waals surface area contributed by atoms with Crippen molar-refractivity contribution >= 4 is 0 Å². The molecule has 1 fully saturated rings. The van der Waals surface area contributed by atoms with Gasteiger partial charge in [0.1, 0.15) is 30.1 Å². The van der Waals surface area contributed by atoms with Crippen LogP contribution >= 0.6 is 0 Å². The van der Waals surface area contributed by atoms with Crippen molar-refractivity contribution in [3.8, 4) is 0 Å². The fraction of sp³-hybridized carbons (Fsp3) is 0.323. The second-order valence-electron chi connectivity index (χ2n) is 9.98. The van der Waals surface area contributed by atoms with Gasteiger partial charge in [-0.3, -0.25) is 0 Å². The van der Waals surface area contributed by atoms with Gasteiger partial charge in [-0.25, -0.2) is 4.98 Å². The minimum absolute atomic E-state index is 0.0178. The number of ether oxygens (including phenoxy) is 4. The summed E-state index contributed by atoms with van der Waals surface area (Å²) in [5.74, 6) is -1.84. The van der Waals surface area contributed by atoms with Crippen LogP contribution in [0.25, 0.3) is 0 Å². The Labute approximate surface area is 248 Å². The monoisotopic (exact) mass is 619 g/mol. The minimum Gasteiger partial charge on any atom is -0.374 e. The molecule has 0 bridgehead atoms. The highest BCUT2D eigenvalue weighted by atomic mass is 19.4. The second-order valence-corrected chi connectivity index (χ2v) is 9.98. The SMILES string of the molecule is FC(F)(F)c1nnc(C(F)(F)F)c([C@@H]2O[C@H](COCc3ccccc3)[C@@H](OCc3ccccc3)[C@H]2OCc2ccccc2)n1. The Morgan fingerprint density at radius 3 is 1.61 bits per heavy atom. The number of alkyl halides is 6. The van der Waals surface area contributed by atoms with Gasteiger partial charge in [0, 0.05) is 0 Å². The highest BCUT2D eigenvalue weighted by molar-refractivity contribution is 5.22. The number of aromatic nitrogens is 3. The molecule has 0 radical (unpaired) electrons. The van der Waals surface area contributed by atoms with Crippen LogP contribution in [0.2, 0.25) is 0 Å². The van der Waals surface area contributed by atoms with Crippen molar-refractivity contribution in [3.05, 3.63) is 125 Å². The third kappa shape index (κ3) is 7.97. The zero-order chi connectivity index (χ0) is 31.2. The molecule has 7 nitrogen and oxygen atoms in total. The molecule has 0 unspecified atom stereocenters. The van der Waals surface area contributed by atoms with E-state index >= 15 is 0 Å². The Morgan fingerprint density at radius 2 is 1.11 bits per heavy atom. The van der Waals surface area contributed by atoms with E-state index in [0.29, 0.717) is 5.56 Å². The summed E-state index contributed by atoms with van der Waals surface area (Å²) in [6, 6.07) is 26.8. The van der Waals surface area contributed by atoms with E-state index in [1.54, 1.807) is 54.6 Å². The molecule has 0 N–H and O–H groups in total. The molecule has 0 spiro atoms. The van der Waals surface area contributed by atoms with Gasteiger partial charge >= 0.3 is 12.4 Å². The average Bonchev–Trinajstić information content (AvgIpc) is 3.36. The van der Waals surface area contributed by atoms with Gasteiger partial charge in [0.15, 0.2) is 5.69 Å². The van der Waals surface area contributed by atoms with Gasteiger partial charge in [-0.15, -0.1) is 10.2 Å². The lowest BCUT2D eigenvalue weighted by Gasteiger charge is -2.26. The lowest BCUT2D eigenvalue weighted by Crippen LogP contribution is -2.38. The molecule has 1 aliphatic rings. The molecule has 13 heteroatoms. The molecule has 0 saturated carbocycles. The van der Waals surface area contributed by atoms with Crippen molar-refractivity contribution in [2.45, 2.75) is 56.6 Å². The van der Waals surface area contributed by atoms with Crippen LogP contribution in [0, 0.1) is 0 Å². The summed E-state index contributed by atoms with van der Waals surface area (Å²) < 4.78 is 107. The smallest absolute Gasteiger partial charge is 0.374 e. The molecule has 5 rings (SSSR count). The van der Waals surface area contributed by atoms with Crippen LogP contribution < -0.4 is 0 Å². The molecular weight excluding hydrogens is 592 g/mol. The van der Waals surface area contributed by atoms with Gasteiger partial charge in [-0.1, -0.05) is 91.0 Å². The summed E-state index contributed by atoms with van der Waals surface area (Å²) in [5, 5.41) is 5.60. The van der Waals surface area contributed by atoms with E-state index in [0.717, 1.165) is 11.1 Å². The zero-order valence-electron chi connectivity index (χ0n) is 23.0. The maximum absolute atomic E-state index is 14.1. The van der Waals surface area contributed by atoms with Crippen molar-refractivity contribution < 1.29 is 45.3 Å². The molecule has 1 aliphatic heterocycles. The molecule has 2 heterocycles.